The van der Waals surface area contributed by atoms with E-state index in [4.69, 9.17) is 109 Å². The van der Waals surface area contributed by atoms with Gasteiger partial charge in [-0.15, -0.1) is 0 Å². The maximum atomic E-state index is 14.0. The first kappa shape index (κ1) is 131. The number of ether oxygens (including phenoxy) is 23. The second-order valence-electron chi connectivity index (χ2n) is 48.3. The van der Waals surface area contributed by atoms with Crippen molar-refractivity contribution in [2.45, 2.75) is 508 Å². The summed E-state index contributed by atoms with van der Waals surface area (Å²) in [7, 11) is 16.3. The predicted molar refractivity (Wildman–Crippen MR) is 540 cm³/mol. The zero-order valence-corrected chi connectivity index (χ0v) is 106. The zero-order chi connectivity index (χ0) is 109. The molecule has 10 saturated heterocycles. The molecule has 0 saturated carbocycles. The summed E-state index contributed by atoms with van der Waals surface area (Å²) in [6.07, 6.45) is -13.1. The van der Waals surface area contributed by atoms with E-state index in [1.54, 1.807) is 55.9 Å². The smallest absolute Gasteiger partial charge is 0.311 e. The number of hydrogen-bond donors (Lipinski definition) is 5. The molecular formula is C110H191Ac2N3O33. The number of cyclic esters (lactones) is 3. The van der Waals surface area contributed by atoms with E-state index in [1.165, 1.54) is 0 Å². The van der Waals surface area contributed by atoms with Crippen LogP contribution < -0.4 is 0 Å². The van der Waals surface area contributed by atoms with Crippen LogP contribution in [0.25, 0.3) is 0 Å². The molecule has 0 aromatic carbocycles. The van der Waals surface area contributed by atoms with E-state index in [9.17, 15) is 49.5 Å². The van der Waals surface area contributed by atoms with Crippen molar-refractivity contribution in [3.8, 4) is 0 Å². The van der Waals surface area contributed by atoms with Gasteiger partial charge in [0.2, 0.25) is 0 Å². The Morgan fingerprint density at radius 3 is 1.02 bits per heavy atom. The Morgan fingerprint density at radius 2 is 0.669 bits per heavy atom. The van der Waals surface area contributed by atoms with Crippen molar-refractivity contribution in [1.82, 2.24) is 14.7 Å². The van der Waals surface area contributed by atoms with Crippen molar-refractivity contribution in [3.05, 3.63) is 22.7 Å². The SMILES string of the molecule is CO[C@]1(C)CC(OC2[C@H](C)C(OC3O[C@H](C)CC(N(C)C)C3O)C3(C)CC(C)C(O3)[C@H](C)C[C@@H](C)[C@@H](C)OC(=O)[C@@H]2C)O[C@@H](C)C1O.CO[C@]1(C)CC(OC2[C@H](C)C(OC3O[C@H](C)CC(N(C)C)C3O)[C@@]3(C)CC(C)=C(O3)[C@H](C)C(O)[C@@H](C)C(C)OC(=O)[C@@H]2C)O[C@@H](C)C1OC=O.CO[C@]1(C)CC(OC2[C@H](C)C(OC3O[C@H](C)CC(N(C)C)C3O)[C@@]3(C)CC(C)=C(O3)[C@H](C)C[C@@H](C)[C@@H](C)OC(=O)[C@@H]2C)O[C@@H](C)C1OC=O.[Ac].[Ac]. The van der Waals surface area contributed by atoms with Gasteiger partial charge < -0.3 is 149 Å². The topological polar surface area (TPSA) is 409 Å². The largest absolute Gasteiger partial charge is 0.489 e. The number of aliphatic hydroxyl groups is 5. The molecule has 850 valence electrons. The molecule has 12 aliphatic rings. The Morgan fingerprint density at radius 1 is 0.345 bits per heavy atom. The summed E-state index contributed by atoms with van der Waals surface area (Å²) in [5.74, 6) is -3.49. The summed E-state index contributed by atoms with van der Waals surface area (Å²) in [4.78, 5) is 70.5. The molecule has 12 heterocycles. The minimum Gasteiger partial charge on any atom is -0.489 e. The number of hydrogen-bond acceptors (Lipinski definition) is 36. The molecule has 51 atom stereocenters. The van der Waals surface area contributed by atoms with Gasteiger partial charge in [0.1, 0.15) is 83.1 Å². The van der Waals surface area contributed by atoms with Crippen LogP contribution in [0.2, 0.25) is 0 Å². The van der Waals surface area contributed by atoms with E-state index in [1.807, 2.05) is 182 Å². The summed E-state index contributed by atoms with van der Waals surface area (Å²) >= 11 is 0. The van der Waals surface area contributed by atoms with Gasteiger partial charge in [-0.2, -0.15) is 0 Å². The van der Waals surface area contributed by atoms with Gasteiger partial charge >= 0.3 is 17.9 Å². The molecule has 5 N–H and O–H groups in total. The van der Waals surface area contributed by atoms with Crippen LogP contribution in [-0.4, -0.2) is 365 Å². The monoisotopic (exact) mass is 2540 g/mol. The standard InChI is InChI=1S/C37H63NO12.C37H63NO11.C36H65NO10.2Ac/c1-18-15-37(10)32(49-35-29(41)26(38(11)12)14-19(2)45-35)22(5)31(48-27-16-36(9,43-13)33(44-17-39)25(8)46-27)23(6)34(42)47-24(7)20(3)28(40)21(4)30(18)50-37;1-19-14-20(2)30-21(3)16-37(10,49-30)32(48-35-29(40)27(38(11)12)15-22(4)44-35)23(5)31(24(6)34(41)46-25(19)7)47-28-17-36(9,42-13)33(43-18-39)26(8)45-28;1-18-14-19(2)29-20(3)16-36(10,47-29)32(46-34-28(38)26(37(11)12)15-21(4)42-34)22(5)30(23(6)33(40)44-24(18)7)45-27-17-35(9,41-13)31(39)25(8)43-27;;/h17,19-29,31-33,35,40-41H,14-16H2,1-13H3;18-20,22-29,31-33,35,40H,14-17H2,1-13H3;18-32,34,38-39H,14-17H2,1-13H3;;/t19-,20+,21-,22+,23-,24?,25+,26?,27?,28?,29?,31?,32?,33?,35?,36-,37-;19-,20-,22-,23+,24-,25-,26+,27?,28?,29?,31?,32?,33?,35?,36-,37-;18-,19-,20?,21-,22+,23-,24-,25+,26?,27?,28?,29?,30?,31?,32?,34?,35-,36?;;/m111../s1. The summed E-state index contributed by atoms with van der Waals surface area (Å²) in [5, 5.41) is 57.1. The second kappa shape index (κ2) is 54.7. The number of fused-ring (bicyclic) bond motifs is 6. The first-order valence-corrected chi connectivity index (χ1v) is 54.1. The maximum absolute atomic E-state index is 14.0. The Kier molecular flexibility index (Phi) is 48.6. The maximum Gasteiger partial charge on any atom is 0.311 e. The fraction of sp³-hybridized carbons (Fsp3) is 0.918. The molecule has 0 aromatic heterocycles. The zero-order valence-electron chi connectivity index (χ0n) is 96.6. The van der Waals surface area contributed by atoms with Crippen LogP contribution in [-0.2, 0) is 133 Å². The minimum atomic E-state index is -1.01. The third kappa shape index (κ3) is 30.0. The van der Waals surface area contributed by atoms with Gasteiger partial charge in [-0.3, -0.25) is 24.0 Å². The van der Waals surface area contributed by atoms with E-state index in [2.05, 4.69) is 48.5 Å². The molecule has 10 fully saturated rings. The van der Waals surface area contributed by atoms with Crippen molar-refractivity contribution in [1.29, 1.82) is 0 Å². The Bertz CT molecular complexity index is 4280. The van der Waals surface area contributed by atoms with Crippen molar-refractivity contribution in [2.24, 2.45) is 76.9 Å². The number of carbonyl (C=O) groups is 5. The van der Waals surface area contributed by atoms with E-state index in [0.717, 1.165) is 36.2 Å². The molecule has 26 unspecified atom stereocenters. The molecule has 148 heavy (non-hydrogen) atoms. The molecule has 38 heteroatoms. The molecule has 0 spiro atoms. The van der Waals surface area contributed by atoms with Crippen LogP contribution in [0.5, 0.6) is 0 Å². The van der Waals surface area contributed by atoms with Gasteiger partial charge in [-0.05, 0) is 254 Å². The first-order valence-electron chi connectivity index (χ1n) is 54.1. The fourth-order valence-electron chi connectivity index (χ4n) is 26.0. The van der Waals surface area contributed by atoms with Gasteiger partial charge in [-0.25, -0.2) is 0 Å². The number of methoxy groups -OCH3 is 3. The third-order valence-electron chi connectivity index (χ3n) is 35.4. The van der Waals surface area contributed by atoms with Crippen LogP contribution in [0.3, 0.4) is 0 Å². The average Bonchev–Trinajstić information content (AvgIpc) is 1.56. The number of rotatable bonds is 22. The molecule has 2 radical (unpaired) electrons. The van der Waals surface area contributed by atoms with Crippen LogP contribution >= 0.6 is 0 Å². The molecular weight excluding hydrogens is 2350 g/mol. The van der Waals surface area contributed by atoms with Crippen LogP contribution in [0.15, 0.2) is 22.7 Å². The van der Waals surface area contributed by atoms with E-state index in [-0.39, 0.29) is 204 Å². The number of likely N-dealkylation sites (N-methyl/N-ethyl adjacent to an activating group) is 3. The Balaban J connectivity index is 0.000000269. The van der Waals surface area contributed by atoms with Gasteiger partial charge in [0.15, 0.2) is 49.9 Å². The van der Waals surface area contributed by atoms with Crippen molar-refractivity contribution in [2.75, 3.05) is 63.6 Å². The van der Waals surface area contributed by atoms with Crippen LogP contribution in [0, 0.1) is 165 Å². The van der Waals surface area contributed by atoms with E-state index < -0.39 is 228 Å². The summed E-state index contributed by atoms with van der Waals surface area (Å²) in [6, 6.07) is -0.552. The van der Waals surface area contributed by atoms with Gasteiger partial charge in [0.25, 0.3) is 12.9 Å². The molecule has 0 aliphatic carbocycles. The number of allylic oxidation sites excluding steroid dienone is 1. The third-order valence-corrected chi connectivity index (χ3v) is 35.4. The number of carbonyl (C=O) groups excluding carboxylic acids is 5. The molecule has 12 rings (SSSR count). The van der Waals surface area contributed by atoms with Gasteiger partial charge in [-0.1, -0.05) is 69.2 Å². The number of aliphatic hydroxyl groups excluding tert-OH is 5. The molecule has 12 aliphatic heterocycles. The van der Waals surface area contributed by atoms with Crippen molar-refractivity contribution < 1.29 is 247 Å². The quantitative estimate of drug-likeness (QED) is 0.0382. The van der Waals surface area contributed by atoms with E-state index >= 15 is 0 Å². The minimum absolute atomic E-state index is 0. The molecule has 36 nitrogen and oxygen atoms in total. The Hall–Kier alpha value is -1.65. The molecule has 6 bridgehead atoms. The number of esters is 3. The summed E-state index contributed by atoms with van der Waals surface area (Å²) in [6.45, 7) is 59.4. The normalized spacial score (nSPS) is 48.2. The molecule has 0 amide bonds. The van der Waals surface area contributed by atoms with Crippen LogP contribution in [0.1, 0.15) is 278 Å². The van der Waals surface area contributed by atoms with E-state index in [0.29, 0.717) is 50.8 Å². The Labute approximate surface area is 955 Å². The first-order chi connectivity index (χ1) is 67.9. The fourth-order valence-corrected chi connectivity index (χ4v) is 26.0. The molecule has 0 aromatic rings. The van der Waals surface area contributed by atoms with Crippen LogP contribution in [0.4, 0.5) is 0 Å². The summed E-state index contributed by atoms with van der Waals surface area (Å²) < 4.78 is 146. The second-order valence-corrected chi connectivity index (χ2v) is 48.3. The van der Waals surface area contributed by atoms with Gasteiger partial charge in [0, 0.05) is 195 Å². The predicted octanol–water partition coefficient (Wildman–Crippen LogP) is 12.3. The number of nitrogens with zero attached hydrogens (tertiary/aromatic N) is 3. The van der Waals surface area contributed by atoms with Crippen molar-refractivity contribution in [3.63, 3.8) is 0 Å². The average molecular weight is 2540 g/mol. The van der Waals surface area contributed by atoms with Crippen molar-refractivity contribution >= 4 is 30.9 Å². The summed E-state index contributed by atoms with van der Waals surface area (Å²) in [5.41, 5.74) is -3.29. The van der Waals surface area contributed by atoms with Gasteiger partial charge in [0.05, 0.1) is 108 Å².